The highest BCUT2D eigenvalue weighted by Crippen LogP contribution is 2.65. The van der Waals surface area contributed by atoms with E-state index in [0.717, 1.165) is 78.0 Å². The van der Waals surface area contributed by atoms with Crippen LogP contribution in [0.3, 0.4) is 0 Å². The molecule has 4 nitrogen and oxygen atoms in total. The summed E-state index contributed by atoms with van der Waals surface area (Å²) in [5.41, 5.74) is 21.9. The lowest BCUT2D eigenvalue weighted by molar-refractivity contribution is 0.668. The Morgan fingerprint density at radius 1 is 0.307 bits per heavy atom. The Hall–Kier alpha value is -9.64. The normalized spacial score (nSPS) is 13.0. The van der Waals surface area contributed by atoms with Crippen LogP contribution in [0.5, 0.6) is 0 Å². The summed E-state index contributed by atoms with van der Waals surface area (Å²) in [4.78, 5) is 4.72. The van der Waals surface area contributed by atoms with Crippen LogP contribution in [0.1, 0.15) is 33.4 Å². The zero-order valence-electron chi connectivity index (χ0n) is 41.3. The molecule has 1 spiro atoms. The third-order valence-corrected chi connectivity index (χ3v) is 16.3. The van der Waals surface area contributed by atoms with Gasteiger partial charge in [0, 0.05) is 44.3 Å². The van der Waals surface area contributed by atoms with Crippen LogP contribution >= 0.6 is 0 Å². The van der Waals surface area contributed by atoms with E-state index in [1.807, 2.05) is 12.1 Å². The summed E-state index contributed by atoms with van der Waals surface area (Å²) in [6.07, 6.45) is 0. The van der Waals surface area contributed by atoms with Gasteiger partial charge in [-0.2, -0.15) is 0 Å². The van der Waals surface area contributed by atoms with Crippen molar-refractivity contribution < 1.29 is 8.83 Å². The fourth-order valence-corrected chi connectivity index (χ4v) is 13.1. The molecule has 0 radical (unpaired) electrons. The second kappa shape index (κ2) is 15.7. The van der Waals surface area contributed by atoms with Crippen molar-refractivity contribution in [3.8, 4) is 22.3 Å². The number of para-hydroxylation sites is 4. The Morgan fingerprint density at radius 2 is 0.707 bits per heavy atom. The molecule has 352 valence electrons. The van der Waals surface area contributed by atoms with Gasteiger partial charge in [0.05, 0.1) is 16.8 Å². The molecule has 2 aliphatic rings. The molecule has 0 fully saturated rings. The molecule has 2 aliphatic carbocycles. The van der Waals surface area contributed by atoms with E-state index < -0.39 is 5.41 Å². The van der Waals surface area contributed by atoms with Gasteiger partial charge in [-0.1, -0.05) is 181 Å². The number of hydrogen-bond acceptors (Lipinski definition) is 4. The number of hydrogen-bond donors (Lipinski definition) is 0. The Labute approximate surface area is 433 Å². The van der Waals surface area contributed by atoms with Crippen molar-refractivity contribution in [1.29, 1.82) is 0 Å². The molecule has 16 rings (SSSR count). The first-order chi connectivity index (χ1) is 37.0. The summed E-state index contributed by atoms with van der Waals surface area (Å²) >= 11 is 0. The Bertz CT molecular complexity index is 4390. The second-order valence-corrected chi connectivity index (χ2v) is 20.5. The molecular weight excluding hydrogens is 913 g/mol. The second-order valence-electron chi connectivity index (χ2n) is 20.5. The molecule has 0 amide bonds. The van der Waals surface area contributed by atoms with E-state index in [4.69, 9.17) is 8.83 Å². The smallest absolute Gasteiger partial charge is 0.159 e. The molecule has 12 aromatic carbocycles. The van der Waals surface area contributed by atoms with Gasteiger partial charge in [0.25, 0.3) is 0 Å². The maximum Gasteiger partial charge on any atom is 0.159 e. The summed E-state index contributed by atoms with van der Waals surface area (Å²) in [7, 11) is 0. The largest absolute Gasteiger partial charge is 0.454 e. The first-order valence-corrected chi connectivity index (χ1v) is 25.9. The summed E-state index contributed by atoms with van der Waals surface area (Å²) in [6.45, 7) is 4.29. The quantitative estimate of drug-likeness (QED) is 0.166. The Morgan fingerprint density at radius 3 is 1.17 bits per heavy atom. The van der Waals surface area contributed by atoms with Crippen molar-refractivity contribution >= 4 is 99.5 Å². The molecule has 75 heavy (non-hydrogen) atoms. The predicted molar refractivity (Wildman–Crippen MR) is 311 cm³/mol. The molecule has 0 unspecified atom stereocenters. The third kappa shape index (κ3) is 5.88. The molecule has 2 heterocycles. The topological polar surface area (TPSA) is 32.8 Å². The minimum Gasteiger partial charge on any atom is -0.454 e. The number of anilines is 6. The van der Waals surface area contributed by atoms with Crippen molar-refractivity contribution in [1.82, 2.24) is 0 Å². The lowest BCUT2D eigenvalue weighted by atomic mass is 9.68. The summed E-state index contributed by atoms with van der Waals surface area (Å²) in [5.74, 6) is 0. The van der Waals surface area contributed by atoms with E-state index in [-0.39, 0.29) is 0 Å². The maximum atomic E-state index is 6.73. The van der Waals surface area contributed by atoms with Crippen LogP contribution < -0.4 is 9.80 Å². The first-order valence-electron chi connectivity index (χ1n) is 25.9. The van der Waals surface area contributed by atoms with Crippen LogP contribution in [-0.2, 0) is 5.41 Å². The molecular formula is C71H46N2O2. The monoisotopic (exact) mass is 958 g/mol. The number of furan rings is 2. The average Bonchev–Trinajstić information content (AvgIpc) is 4.21. The Kier molecular flexibility index (Phi) is 8.77. The van der Waals surface area contributed by atoms with E-state index in [0.29, 0.717) is 0 Å². The van der Waals surface area contributed by atoms with E-state index in [2.05, 4.69) is 254 Å². The number of rotatable bonds is 6. The number of benzene rings is 12. The van der Waals surface area contributed by atoms with Crippen molar-refractivity contribution in [3.05, 3.63) is 276 Å². The molecule has 14 aromatic rings. The van der Waals surface area contributed by atoms with Crippen LogP contribution in [0.15, 0.2) is 251 Å². The predicted octanol–water partition coefficient (Wildman–Crippen LogP) is 19.7. The highest BCUT2D eigenvalue weighted by atomic mass is 16.3. The van der Waals surface area contributed by atoms with E-state index in [9.17, 15) is 0 Å². The maximum absolute atomic E-state index is 6.73. The van der Waals surface area contributed by atoms with Gasteiger partial charge in [-0.15, -0.1) is 0 Å². The molecule has 0 aliphatic heterocycles. The lowest BCUT2D eigenvalue weighted by Crippen LogP contribution is -2.26. The summed E-state index contributed by atoms with van der Waals surface area (Å²) in [6, 6.07) is 89.3. The highest BCUT2D eigenvalue weighted by Gasteiger charge is 2.53. The van der Waals surface area contributed by atoms with Crippen LogP contribution in [0, 0.1) is 13.8 Å². The molecule has 0 saturated carbocycles. The highest BCUT2D eigenvalue weighted by molar-refractivity contribution is 6.14. The van der Waals surface area contributed by atoms with Gasteiger partial charge in [-0.3, -0.25) is 0 Å². The first kappa shape index (κ1) is 41.9. The zero-order chi connectivity index (χ0) is 49.5. The fourth-order valence-electron chi connectivity index (χ4n) is 13.1. The van der Waals surface area contributed by atoms with Gasteiger partial charge in [0.2, 0.25) is 0 Å². The van der Waals surface area contributed by atoms with E-state index in [1.165, 1.54) is 77.2 Å². The van der Waals surface area contributed by atoms with Gasteiger partial charge >= 0.3 is 0 Å². The molecule has 2 aromatic heterocycles. The summed E-state index contributed by atoms with van der Waals surface area (Å²) in [5, 5.41) is 9.25. The standard InChI is InChI=1S/C71H46N2O2/c1-43-25-31-47(32-26-43)72(63-21-11-17-59-55-15-5-9-23-65(55)74-69(59)63)49-35-39-51-45(41-49)29-37-57-58-38-30-46-42-50(36-40-52(46)68(58)71(67(51)57)61-19-7-3-13-53(61)54-14-4-8-20-62(54)71)73(48-33-27-44(2)28-34-48)64-22-12-18-60-56-16-6-10-24-66(56)75-70(60)64/h3-42H,1-2H3. The van der Waals surface area contributed by atoms with Crippen molar-refractivity contribution in [3.63, 3.8) is 0 Å². The molecule has 0 saturated heterocycles. The van der Waals surface area contributed by atoms with Gasteiger partial charge in [0.15, 0.2) is 11.2 Å². The molecule has 4 heteroatoms. The van der Waals surface area contributed by atoms with Crippen molar-refractivity contribution in [2.45, 2.75) is 19.3 Å². The SMILES string of the molecule is Cc1ccc(N(c2ccc3c4c(ccc3c2)-c2ccc3cc(N(c5ccc(C)cc5)c5cccc6c5oc5ccccc56)ccc3c2C42c3ccccc3-c3ccccc32)c2cccc3c2oc2ccccc23)cc1. The van der Waals surface area contributed by atoms with Crippen LogP contribution in [0.25, 0.3) is 87.7 Å². The third-order valence-electron chi connectivity index (χ3n) is 16.3. The average molecular weight is 959 g/mol. The summed E-state index contributed by atoms with van der Waals surface area (Å²) < 4.78 is 13.5. The minimum atomic E-state index is -0.604. The molecule has 0 bridgehead atoms. The molecule has 0 atom stereocenters. The van der Waals surface area contributed by atoms with E-state index in [1.54, 1.807) is 0 Å². The van der Waals surface area contributed by atoms with Gasteiger partial charge in [0.1, 0.15) is 11.2 Å². The van der Waals surface area contributed by atoms with Gasteiger partial charge < -0.3 is 18.6 Å². The number of aryl methyl sites for hydroxylation is 2. The van der Waals surface area contributed by atoms with Crippen LogP contribution in [-0.4, -0.2) is 0 Å². The number of nitrogens with zero attached hydrogens (tertiary/aromatic N) is 2. The van der Waals surface area contributed by atoms with Gasteiger partial charge in [-0.25, -0.2) is 0 Å². The fraction of sp³-hybridized carbons (Fsp3) is 0.0423. The van der Waals surface area contributed by atoms with Crippen LogP contribution in [0.2, 0.25) is 0 Å². The zero-order valence-corrected chi connectivity index (χ0v) is 41.3. The van der Waals surface area contributed by atoms with Crippen molar-refractivity contribution in [2.24, 2.45) is 0 Å². The lowest BCUT2D eigenvalue weighted by Gasteiger charge is -2.33. The Balaban J connectivity index is 0.926. The van der Waals surface area contributed by atoms with Gasteiger partial charge in [-0.05, 0) is 153 Å². The minimum absolute atomic E-state index is 0.604. The number of fused-ring (bicyclic) bond motifs is 20. The molecule has 0 N–H and O–H groups in total. The van der Waals surface area contributed by atoms with Crippen LogP contribution in [0.4, 0.5) is 34.1 Å². The van der Waals surface area contributed by atoms with E-state index >= 15 is 0 Å². The van der Waals surface area contributed by atoms with Crippen molar-refractivity contribution in [2.75, 3.05) is 9.80 Å².